The third-order valence-corrected chi connectivity index (χ3v) is 6.94. The molecular formula is C18H26N2S. The topological polar surface area (TPSA) is 15.3 Å². The van der Waals surface area contributed by atoms with Crippen molar-refractivity contribution in [2.45, 2.75) is 49.1 Å². The van der Waals surface area contributed by atoms with E-state index in [-0.39, 0.29) is 0 Å². The predicted molar refractivity (Wildman–Crippen MR) is 90.1 cm³/mol. The normalized spacial score (nSPS) is 36.7. The molecule has 3 unspecified atom stereocenters. The third-order valence-electron chi connectivity index (χ3n) is 5.69. The van der Waals surface area contributed by atoms with Gasteiger partial charge in [0.25, 0.3) is 0 Å². The van der Waals surface area contributed by atoms with Gasteiger partial charge in [-0.3, -0.25) is 4.90 Å². The van der Waals surface area contributed by atoms with Gasteiger partial charge in [0, 0.05) is 47.8 Å². The Morgan fingerprint density at radius 1 is 1.33 bits per heavy atom. The van der Waals surface area contributed by atoms with Crippen molar-refractivity contribution in [3.05, 3.63) is 29.8 Å². The first-order chi connectivity index (χ1) is 10.2. The van der Waals surface area contributed by atoms with Crippen LogP contribution in [0.4, 0.5) is 0 Å². The van der Waals surface area contributed by atoms with E-state index >= 15 is 0 Å². The molecule has 3 atom stereocenters. The predicted octanol–water partition coefficient (Wildman–Crippen LogP) is 3.34. The summed E-state index contributed by atoms with van der Waals surface area (Å²) in [5, 5.41) is 3.83. The van der Waals surface area contributed by atoms with E-state index in [0.29, 0.717) is 11.6 Å². The molecule has 0 spiro atoms. The molecule has 1 N–H and O–H groups in total. The van der Waals surface area contributed by atoms with E-state index in [0.717, 1.165) is 18.4 Å². The van der Waals surface area contributed by atoms with Crippen molar-refractivity contribution in [2.24, 2.45) is 5.92 Å². The lowest BCUT2D eigenvalue weighted by Gasteiger charge is -2.46. The van der Waals surface area contributed by atoms with Crippen LogP contribution in [0, 0.1) is 5.92 Å². The second-order valence-corrected chi connectivity index (χ2v) is 8.46. The third kappa shape index (κ3) is 2.64. The molecule has 1 saturated heterocycles. The van der Waals surface area contributed by atoms with E-state index in [2.05, 4.69) is 48.3 Å². The second-order valence-electron chi connectivity index (χ2n) is 7.40. The SMILES string of the molecule is CC1CNC(C)(C2CC2)CN1CC1CSc2ccccc21. The van der Waals surface area contributed by atoms with Crippen LogP contribution in [0.1, 0.15) is 38.2 Å². The molecule has 2 nitrogen and oxygen atoms in total. The first-order valence-electron chi connectivity index (χ1n) is 8.36. The van der Waals surface area contributed by atoms with Gasteiger partial charge in [-0.05, 0) is 44.2 Å². The van der Waals surface area contributed by atoms with Crippen LogP contribution < -0.4 is 5.32 Å². The van der Waals surface area contributed by atoms with Gasteiger partial charge in [0.1, 0.15) is 0 Å². The molecule has 0 amide bonds. The van der Waals surface area contributed by atoms with Gasteiger partial charge >= 0.3 is 0 Å². The molecule has 3 aliphatic rings. The molecule has 2 heterocycles. The monoisotopic (exact) mass is 302 g/mol. The highest BCUT2D eigenvalue weighted by molar-refractivity contribution is 7.99. The van der Waals surface area contributed by atoms with Crippen molar-refractivity contribution in [1.82, 2.24) is 10.2 Å². The molecule has 1 saturated carbocycles. The van der Waals surface area contributed by atoms with Crippen molar-refractivity contribution < 1.29 is 0 Å². The Labute approximate surface area is 132 Å². The number of piperazine rings is 1. The molecule has 4 rings (SSSR count). The molecule has 114 valence electrons. The number of nitrogens with one attached hydrogen (secondary N) is 1. The van der Waals surface area contributed by atoms with Crippen molar-refractivity contribution in [3.63, 3.8) is 0 Å². The van der Waals surface area contributed by atoms with E-state index < -0.39 is 0 Å². The van der Waals surface area contributed by atoms with E-state index in [9.17, 15) is 0 Å². The van der Waals surface area contributed by atoms with Crippen LogP contribution in [0.25, 0.3) is 0 Å². The molecule has 1 aromatic rings. The average molecular weight is 302 g/mol. The van der Waals surface area contributed by atoms with Crippen LogP contribution in [0.15, 0.2) is 29.2 Å². The smallest absolute Gasteiger partial charge is 0.0309 e. The Morgan fingerprint density at radius 2 is 2.14 bits per heavy atom. The number of hydrogen-bond donors (Lipinski definition) is 1. The zero-order valence-electron chi connectivity index (χ0n) is 13.1. The number of hydrogen-bond acceptors (Lipinski definition) is 3. The number of rotatable bonds is 3. The first-order valence-corrected chi connectivity index (χ1v) is 9.35. The molecule has 1 aromatic carbocycles. The Bertz CT molecular complexity index is 528. The number of fused-ring (bicyclic) bond motifs is 1. The molecule has 3 heteroatoms. The van der Waals surface area contributed by atoms with Gasteiger partial charge in [-0.2, -0.15) is 0 Å². The van der Waals surface area contributed by atoms with Gasteiger partial charge in [0.15, 0.2) is 0 Å². The van der Waals surface area contributed by atoms with E-state index in [4.69, 9.17) is 0 Å². The van der Waals surface area contributed by atoms with Gasteiger partial charge in [0.05, 0.1) is 0 Å². The fourth-order valence-electron chi connectivity index (χ4n) is 4.05. The van der Waals surface area contributed by atoms with Gasteiger partial charge < -0.3 is 5.32 Å². The zero-order valence-corrected chi connectivity index (χ0v) is 14.0. The van der Waals surface area contributed by atoms with E-state index in [1.807, 2.05) is 11.8 Å². The van der Waals surface area contributed by atoms with Crippen LogP contribution in [0.2, 0.25) is 0 Å². The number of nitrogens with zero attached hydrogens (tertiary/aromatic N) is 1. The summed E-state index contributed by atoms with van der Waals surface area (Å²) in [5.41, 5.74) is 1.94. The standard InChI is InChI=1S/C18H26N2S/c1-13-9-19-18(2,15-7-8-15)12-20(13)10-14-11-21-17-6-4-3-5-16(14)17/h3-6,13-15,19H,7-12H2,1-2H3. The summed E-state index contributed by atoms with van der Waals surface area (Å²) >= 11 is 2.04. The maximum atomic E-state index is 3.83. The first kappa shape index (κ1) is 14.1. The summed E-state index contributed by atoms with van der Waals surface area (Å²) < 4.78 is 0. The van der Waals surface area contributed by atoms with Crippen LogP contribution in [-0.4, -0.2) is 41.9 Å². The number of thioether (sulfide) groups is 1. The van der Waals surface area contributed by atoms with E-state index in [1.165, 1.54) is 36.6 Å². The highest BCUT2D eigenvalue weighted by atomic mass is 32.2. The fourth-order valence-corrected chi connectivity index (χ4v) is 5.29. The zero-order chi connectivity index (χ0) is 14.4. The van der Waals surface area contributed by atoms with Gasteiger partial charge in [-0.1, -0.05) is 18.2 Å². The van der Waals surface area contributed by atoms with Gasteiger partial charge in [0.2, 0.25) is 0 Å². The largest absolute Gasteiger partial charge is 0.308 e. The van der Waals surface area contributed by atoms with Crippen molar-refractivity contribution in [1.29, 1.82) is 0 Å². The Kier molecular flexibility index (Phi) is 3.55. The van der Waals surface area contributed by atoms with Crippen molar-refractivity contribution in [3.8, 4) is 0 Å². The summed E-state index contributed by atoms with van der Waals surface area (Å²) in [6.45, 7) is 8.43. The maximum Gasteiger partial charge on any atom is 0.0309 e. The highest BCUT2D eigenvalue weighted by Gasteiger charge is 2.45. The van der Waals surface area contributed by atoms with Crippen LogP contribution >= 0.6 is 11.8 Å². The molecule has 0 radical (unpaired) electrons. The Balaban J connectivity index is 1.48. The maximum absolute atomic E-state index is 3.83. The van der Waals surface area contributed by atoms with Crippen molar-refractivity contribution >= 4 is 11.8 Å². The average Bonchev–Trinajstić information content (AvgIpc) is 3.27. The molecule has 0 bridgehead atoms. The molecule has 21 heavy (non-hydrogen) atoms. The van der Waals surface area contributed by atoms with Crippen molar-refractivity contribution in [2.75, 3.05) is 25.4 Å². The lowest BCUT2D eigenvalue weighted by molar-refractivity contribution is 0.0795. The van der Waals surface area contributed by atoms with Gasteiger partial charge in [-0.15, -0.1) is 11.8 Å². The minimum absolute atomic E-state index is 0.359. The quantitative estimate of drug-likeness (QED) is 0.922. The highest BCUT2D eigenvalue weighted by Crippen LogP contribution is 2.43. The Morgan fingerprint density at radius 3 is 2.95 bits per heavy atom. The summed E-state index contributed by atoms with van der Waals surface area (Å²) in [6, 6.07) is 9.66. The summed E-state index contributed by atoms with van der Waals surface area (Å²) in [4.78, 5) is 4.26. The minimum Gasteiger partial charge on any atom is -0.308 e. The molecular weight excluding hydrogens is 276 g/mol. The molecule has 2 fully saturated rings. The fraction of sp³-hybridized carbons (Fsp3) is 0.667. The van der Waals surface area contributed by atoms with Crippen LogP contribution in [0.5, 0.6) is 0 Å². The van der Waals surface area contributed by atoms with E-state index in [1.54, 1.807) is 5.56 Å². The summed E-state index contributed by atoms with van der Waals surface area (Å²) in [6.07, 6.45) is 2.85. The second kappa shape index (κ2) is 5.29. The lowest BCUT2D eigenvalue weighted by atomic mass is 9.90. The van der Waals surface area contributed by atoms with Crippen LogP contribution in [-0.2, 0) is 0 Å². The molecule has 1 aliphatic carbocycles. The molecule has 0 aromatic heterocycles. The summed E-state index contributed by atoms with van der Waals surface area (Å²) in [5.74, 6) is 2.89. The number of benzene rings is 1. The lowest BCUT2D eigenvalue weighted by Crippen LogP contribution is -2.63. The molecule has 2 aliphatic heterocycles. The Hall–Kier alpha value is -0.510. The summed E-state index contributed by atoms with van der Waals surface area (Å²) in [7, 11) is 0. The van der Waals surface area contributed by atoms with Crippen LogP contribution in [0.3, 0.4) is 0 Å². The minimum atomic E-state index is 0.359. The van der Waals surface area contributed by atoms with Gasteiger partial charge in [-0.25, -0.2) is 0 Å².